The zero-order valence-electron chi connectivity index (χ0n) is 64.8. The van der Waals surface area contributed by atoms with Gasteiger partial charge in [-0.3, -0.25) is 37.3 Å². The Kier molecular flexibility index (Phi) is 70.3. The summed E-state index contributed by atoms with van der Waals surface area (Å²) in [6, 6.07) is 0. The smallest absolute Gasteiger partial charge is 0.462 e. The predicted molar refractivity (Wildman–Crippen MR) is 405 cm³/mol. The molecule has 0 rings (SSSR count). The molecule has 0 aromatic heterocycles. The molecule has 17 nitrogen and oxygen atoms in total. The molecule has 588 valence electrons. The molecule has 0 amide bonds. The molecule has 0 bridgehead atoms. The summed E-state index contributed by atoms with van der Waals surface area (Å²) in [5, 5.41) is 10.6. The van der Waals surface area contributed by atoms with Gasteiger partial charge in [0.25, 0.3) is 0 Å². The largest absolute Gasteiger partial charge is 0.472 e. The SMILES string of the molecule is CCCCCCCCCCCCCCCCCC(=O)O[C@H](COC(=O)CCCCCCCCCCC)COP(=O)(O)OC[C@H](O)COP(=O)(O)OC[C@@H](COC(=O)CCCCCCCCCCCCCCCCC(C)C)OC(=O)CCCCCCCCCCCCCCCCCC(C)C. The van der Waals surface area contributed by atoms with Crippen LogP contribution in [0.2, 0.25) is 0 Å². The Morgan fingerprint density at radius 2 is 0.465 bits per heavy atom. The lowest BCUT2D eigenvalue weighted by Gasteiger charge is -2.21. The third-order valence-corrected chi connectivity index (χ3v) is 20.6. The van der Waals surface area contributed by atoms with Crippen molar-refractivity contribution in [2.75, 3.05) is 39.6 Å². The van der Waals surface area contributed by atoms with Gasteiger partial charge in [0.1, 0.15) is 19.3 Å². The predicted octanol–water partition coefficient (Wildman–Crippen LogP) is 23.9. The van der Waals surface area contributed by atoms with Crippen LogP contribution in [-0.2, 0) is 65.4 Å². The van der Waals surface area contributed by atoms with E-state index >= 15 is 0 Å². The van der Waals surface area contributed by atoms with Crippen molar-refractivity contribution in [2.45, 2.75) is 439 Å². The van der Waals surface area contributed by atoms with E-state index in [4.69, 9.17) is 37.0 Å². The maximum atomic E-state index is 13.1. The third-order valence-electron chi connectivity index (χ3n) is 18.7. The fourth-order valence-corrected chi connectivity index (χ4v) is 13.9. The second-order valence-electron chi connectivity index (χ2n) is 29.8. The summed E-state index contributed by atoms with van der Waals surface area (Å²) in [4.78, 5) is 72.9. The van der Waals surface area contributed by atoms with Crippen LogP contribution >= 0.6 is 15.6 Å². The number of carbonyl (C=O) groups excluding carboxylic acids is 4. The maximum absolute atomic E-state index is 13.1. The molecule has 0 aliphatic rings. The van der Waals surface area contributed by atoms with Crippen molar-refractivity contribution in [3.63, 3.8) is 0 Å². The number of rotatable bonds is 79. The molecule has 0 aliphatic heterocycles. The molecule has 0 saturated heterocycles. The van der Waals surface area contributed by atoms with Crippen molar-refractivity contribution < 1.29 is 80.2 Å². The Hall–Kier alpha value is -1.94. The van der Waals surface area contributed by atoms with Crippen LogP contribution in [0.4, 0.5) is 0 Å². The molecule has 0 aromatic carbocycles. The number of aliphatic hydroxyl groups excluding tert-OH is 1. The lowest BCUT2D eigenvalue weighted by molar-refractivity contribution is -0.161. The summed E-state index contributed by atoms with van der Waals surface area (Å²) in [5.41, 5.74) is 0. The van der Waals surface area contributed by atoms with Crippen molar-refractivity contribution in [3.05, 3.63) is 0 Å². The molecule has 3 N–H and O–H groups in total. The summed E-state index contributed by atoms with van der Waals surface area (Å²) in [6.45, 7) is 9.67. The Labute approximate surface area is 607 Å². The van der Waals surface area contributed by atoms with Crippen LogP contribution in [0.3, 0.4) is 0 Å². The number of phosphoric acid groups is 2. The monoisotopic (exact) mass is 1450 g/mol. The quantitative estimate of drug-likeness (QED) is 0.0222. The summed E-state index contributed by atoms with van der Waals surface area (Å²) in [6.07, 6.45) is 61.0. The van der Waals surface area contributed by atoms with E-state index in [1.54, 1.807) is 0 Å². The second kappa shape index (κ2) is 71.7. The minimum absolute atomic E-state index is 0.108. The van der Waals surface area contributed by atoms with E-state index in [0.717, 1.165) is 102 Å². The van der Waals surface area contributed by atoms with Gasteiger partial charge in [0.2, 0.25) is 0 Å². The van der Waals surface area contributed by atoms with Gasteiger partial charge in [-0.2, -0.15) is 0 Å². The number of aliphatic hydroxyl groups is 1. The highest BCUT2D eigenvalue weighted by atomic mass is 31.2. The molecular weight excluding hydrogens is 1290 g/mol. The van der Waals surface area contributed by atoms with Crippen molar-refractivity contribution in [3.8, 4) is 0 Å². The van der Waals surface area contributed by atoms with Crippen molar-refractivity contribution >= 4 is 39.5 Å². The van der Waals surface area contributed by atoms with Gasteiger partial charge in [-0.15, -0.1) is 0 Å². The number of hydrogen-bond donors (Lipinski definition) is 3. The van der Waals surface area contributed by atoms with Crippen molar-refractivity contribution in [2.24, 2.45) is 11.8 Å². The van der Waals surface area contributed by atoms with Gasteiger partial charge in [-0.25, -0.2) is 9.13 Å². The number of unbranched alkanes of at least 4 members (excludes halogenated alkanes) is 49. The standard InChI is InChI=1S/C80H156O17P2/c1-7-9-11-13-15-17-18-19-21-29-34-40-46-52-58-64-79(84)96-75(68-90-77(82)62-56-50-44-36-16-14-12-10-8-2)70-94-98(86,87)92-66-74(81)67-93-99(88,89)95-71-76(69-91-78(83)63-57-51-45-39-33-28-25-24-27-32-38-43-49-55-61-73(5)6)97-80(85)65-59-53-47-41-35-30-23-20-22-26-31-37-42-48-54-60-72(3)4/h72-76,81H,7-71H2,1-6H3,(H,86,87)(H,88,89)/t74-,75+,76+/m0/s1. The number of hydrogen-bond acceptors (Lipinski definition) is 15. The normalized spacial score (nSPS) is 13.9. The van der Waals surface area contributed by atoms with E-state index in [0.29, 0.717) is 25.7 Å². The average Bonchev–Trinajstić information content (AvgIpc) is 1.37. The van der Waals surface area contributed by atoms with Gasteiger partial charge in [-0.1, -0.05) is 369 Å². The van der Waals surface area contributed by atoms with E-state index in [1.807, 2.05) is 0 Å². The average molecular weight is 1450 g/mol. The molecule has 0 radical (unpaired) electrons. The molecular formula is C80H156O17P2. The minimum Gasteiger partial charge on any atom is -0.462 e. The molecule has 0 fully saturated rings. The number of ether oxygens (including phenoxy) is 4. The molecule has 0 heterocycles. The summed E-state index contributed by atoms with van der Waals surface area (Å²) >= 11 is 0. The van der Waals surface area contributed by atoms with Crippen molar-refractivity contribution in [1.29, 1.82) is 0 Å². The summed E-state index contributed by atoms with van der Waals surface area (Å²) in [7, 11) is -9.92. The molecule has 0 aromatic rings. The Morgan fingerprint density at radius 3 is 0.687 bits per heavy atom. The minimum atomic E-state index is -4.96. The van der Waals surface area contributed by atoms with E-state index < -0.39 is 97.5 Å². The van der Waals surface area contributed by atoms with E-state index in [2.05, 4.69) is 41.5 Å². The molecule has 0 saturated carbocycles. The topological polar surface area (TPSA) is 237 Å². The van der Waals surface area contributed by atoms with Crippen LogP contribution in [0.5, 0.6) is 0 Å². The van der Waals surface area contributed by atoms with E-state index in [9.17, 15) is 43.2 Å². The first-order valence-corrected chi connectivity index (χ1v) is 44.5. The van der Waals surface area contributed by atoms with Crippen LogP contribution in [0, 0.1) is 11.8 Å². The van der Waals surface area contributed by atoms with E-state index in [-0.39, 0.29) is 25.7 Å². The zero-order chi connectivity index (χ0) is 72.8. The van der Waals surface area contributed by atoms with Gasteiger partial charge in [0.05, 0.1) is 26.4 Å². The third kappa shape index (κ3) is 74.1. The molecule has 19 heteroatoms. The maximum Gasteiger partial charge on any atom is 0.472 e. The van der Waals surface area contributed by atoms with Gasteiger partial charge < -0.3 is 33.8 Å². The van der Waals surface area contributed by atoms with Gasteiger partial charge in [0, 0.05) is 25.7 Å². The fourth-order valence-electron chi connectivity index (χ4n) is 12.4. The molecule has 5 atom stereocenters. The van der Waals surface area contributed by atoms with Crippen LogP contribution in [0.1, 0.15) is 420 Å². The fraction of sp³-hybridized carbons (Fsp3) is 0.950. The Balaban J connectivity index is 5.23. The summed E-state index contributed by atoms with van der Waals surface area (Å²) in [5.74, 6) is -0.507. The van der Waals surface area contributed by atoms with Crippen LogP contribution in [-0.4, -0.2) is 96.7 Å². The highest BCUT2D eigenvalue weighted by Gasteiger charge is 2.30. The van der Waals surface area contributed by atoms with Gasteiger partial charge >= 0.3 is 39.5 Å². The van der Waals surface area contributed by atoms with Gasteiger partial charge in [-0.05, 0) is 37.5 Å². The first kappa shape index (κ1) is 97.1. The first-order chi connectivity index (χ1) is 47.9. The number of esters is 4. The number of phosphoric ester groups is 2. The molecule has 99 heavy (non-hydrogen) atoms. The lowest BCUT2D eigenvalue weighted by atomic mass is 10.0. The summed E-state index contributed by atoms with van der Waals surface area (Å²) < 4.78 is 68.7. The Bertz CT molecular complexity index is 1910. The van der Waals surface area contributed by atoms with Crippen LogP contribution in [0.25, 0.3) is 0 Å². The van der Waals surface area contributed by atoms with Gasteiger partial charge in [0.15, 0.2) is 12.2 Å². The molecule has 0 aliphatic carbocycles. The highest BCUT2D eigenvalue weighted by Crippen LogP contribution is 2.45. The second-order valence-corrected chi connectivity index (χ2v) is 32.7. The highest BCUT2D eigenvalue weighted by molar-refractivity contribution is 7.47. The lowest BCUT2D eigenvalue weighted by Crippen LogP contribution is -2.30. The van der Waals surface area contributed by atoms with Crippen LogP contribution in [0.15, 0.2) is 0 Å². The Morgan fingerprint density at radius 1 is 0.273 bits per heavy atom. The number of carbonyl (C=O) groups is 4. The first-order valence-electron chi connectivity index (χ1n) is 41.5. The molecule has 0 spiro atoms. The van der Waals surface area contributed by atoms with Crippen LogP contribution < -0.4 is 0 Å². The van der Waals surface area contributed by atoms with E-state index in [1.165, 1.54) is 238 Å². The van der Waals surface area contributed by atoms with Crippen molar-refractivity contribution in [1.82, 2.24) is 0 Å². The zero-order valence-corrected chi connectivity index (χ0v) is 66.6. The molecule has 2 unspecified atom stereocenters.